The Labute approximate surface area is 105 Å². The van der Waals surface area contributed by atoms with Crippen molar-refractivity contribution >= 4 is 12.0 Å². The zero-order valence-electron chi connectivity index (χ0n) is 9.59. The smallest absolute Gasteiger partial charge is 0.193 e. The van der Waals surface area contributed by atoms with E-state index in [0.29, 0.717) is 17.7 Å². The molecule has 0 aliphatic rings. The van der Waals surface area contributed by atoms with Crippen LogP contribution in [0, 0.1) is 11.8 Å². The fourth-order valence-corrected chi connectivity index (χ4v) is 1.39. The van der Waals surface area contributed by atoms with Crippen molar-refractivity contribution in [2.24, 2.45) is 0 Å². The molecule has 2 N–H and O–H groups in total. The van der Waals surface area contributed by atoms with Gasteiger partial charge in [0.15, 0.2) is 6.29 Å². The summed E-state index contributed by atoms with van der Waals surface area (Å²) in [6.45, 7) is 0. The maximum atomic E-state index is 10.1. The Morgan fingerprint density at radius 1 is 0.944 bits per heavy atom. The van der Waals surface area contributed by atoms with E-state index in [4.69, 9.17) is 10.5 Å². The topological polar surface area (TPSA) is 52.3 Å². The van der Waals surface area contributed by atoms with Crippen LogP contribution >= 0.6 is 0 Å². The quantitative estimate of drug-likeness (QED) is 0.496. The molecule has 0 bridgehead atoms. The minimum absolute atomic E-state index is 0.568. The molecule has 2 aromatic carbocycles. The number of nitrogens with two attached hydrogens (primary N) is 1. The molecule has 0 aromatic heterocycles. The Hall–Kier alpha value is -2.73. The maximum Gasteiger partial charge on any atom is 0.193 e. The Bertz CT molecular complexity index is 589. The average Bonchev–Trinajstić information content (AvgIpc) is 2.41. The van der Waals surface area contributed by atoms with Gasteiger partial charge in [-0.3, -0.25) is 4.79 Å². The van der Waals surface area contributed by atoms with E-state index in [9.17, 15) is 4.79 Å². The highest BCUT2D eigenvalue weighted by Crippen LogP contribution is 2.22. The molecule has 0 amide bonds. The van der Waals surface area contributed by atoms with E-state index < -0.39 is 0 Å². The van der Waals surface area contributed by atoms with Gasteiger partial charge < -0.3 is 10.5 Å². The van der Waals surface area contributed by atoms with E-state index >= 15 is 0 Å². The van der Waals surface area contributed by atoms with Gasteiger partial charge in [-0.15, -0.1) is 0 Å². The number of hydrogen-bond acceptors (Lipinski definition) is 3. The highest BCUT2D eigenvalue weighted by Gasteiger charge is 1.96. The van der Waals surface area contributed by atoms with Gasteiger partial charge in [0.25, 0.3) is 0 Å². The Morgan fingerprint density at radius 3 is 2.06 bits per heavy atom. The summed E-state index contributed by atoms with van der Waals surface area (Å²) in [6, 6.07) is 14.3. The predicted octanol–water partition coefficient (Wildman–Crippen LogP) is 2.61. The van der Waals surface area contributed by atoms with E-state index in [1.807, 2.05) is 0 Å². The van der Waals surface area contributed by atoms with Gasteiger partial charge in [0.1, 0.15) is 11.5 Å². The minimum Gasteiger partial charge on any atom is -0.457 e. The summed E-state index contributed by atoms with van der Waals surface area (Å²) in [6.07, 6.45) is 0.568. The number of hydrogen-bond donors (Lipinski definition) is 1. The van der Waals surface area contributed by atoms with E-state index in [-0.39, 0.29) is 0 Å². The number of carbonyl (C=O) groups is 1. The van der Waals surface area contributed by atoms with Crippen molar-refractivity contribution < 1.29 is 9.53 Å². The summed E-state index contributed by atoms with van der Waals surface area (Å²) in [5.41, 5.74) is 7.05. The third-order valence-electron chi connectivity index (χ3n) is 2.25. The Kier molecular flexibility index (Phi) is 3.62. The van der Waals surface area contributed by atoms with E-state index in [2.05, 4.69) is 11.8 Å². The molecule has 0 saturated carbocycles. The second-order valence-corrected chi connectivity index (χ2v) is 3.58. The number of rotatable bonds is 2. The fourth-order valence-electron chi connectivity index (χ4n) is 1.39. The lowest BCUT2D eigenvalue weighted by atomic mass is 10.2. The van der Waals surface area contributed by atoms with Crippen LogP contribution in [0.3, 0.4) is 0 Å². The number of carbonyl (C=O) groups excluding carboxylic acids is 1. The molecule has 0 heterocycles. The number of ether oxygens (including phenoxy) is 1. The lowest BCUT2D eigenvalue weighted by Crippen LogP contribution is -1.86. The summed E-state index contributed by atoms with van der Waals surface area (Å²) in [5.74, 6) is 6.48. The third kappa shape index (κ3) is 3.13. The molecular formula is C15H11NO2. The second-order valence-electron chi connectivity index (χ2n) is 3.58. The van der Waals surface area contributed by atoms with Gasteiger partial charge in [0.05, 0.1) is 0 Å². The van der Waals surface area contributed by atoms with Crippen LogP contribution in [-0.4, -0.2) is 6.29 Å². The zero-order chi connectivity index (χ0) is 12.8. The summed E-state index contributed by atoms with van der Waals surface area (Å²) in [4.78, 5) is 10.1. The molecule has 0 saturated heterocycles. The molecule has 3 nitrogen and oxygen atoms in total. The number of aldehydes is 1. The molecular weight excluding hydrogens is 226 g/mol. The minimum atomic E-state index is 0.568. The monoisotopic (exact) mass is 237 g/mol. The molecule has 0 atom stereocenters. The van der Waals surface area contributed by atoms with Crippen molar-refractivity contribution in [2.75, 3.05) is 5.73 Å². The molecule has 0 unspecified atom stereocenters. The molecule has 18 heavy (non-hydrogen) atoms. The van der Waals surface area contributed by atoms with Crippen molar-refractivity contribution in [3.63, 3.8) is 0 Å². The zero-order valence-corrected chi connectivity index (χ0v) is 9.59. The Morgan fingerprint density at radius 2 is 1.50 bits per heavy atom. The van der Waals surface area contributed by atoms with E-state index in [0.717, 1.165) is 11.3 Å². The number of benzene rings is 2. The molecule has 2 aromatic rings. The van der Waals surface area contributed by atoms with Gasteiger partial charge in [-0.25, -0.2) is 0 Å². The summed E-state index contributed by atoms with van der Waals surface area (Å²) >= 11 is 0. The molecule has 3 heteroatoms. The van der Waals surface area contributed by atoms with E-state index in [1.54, 1.807) is 48.5 Å². The van der Waals surface area contributed by atoms with Crippen LogP contribution in [-0.2, 0) is 4.79 Å². The second kappa shape index (κ2) is 5.55. The van der Waals surface area contributed by atoms with Crippen molar-refractivity contribution in [1.29, 1.82) is 0 Å². The van der Waals surface area contributed by atoms with Gasteiger partial charge in [-0.05, 0) is 54.5 Å². The summed E-state index contributed by atoms with van der Waals surface area (Å²) in [5, 5.41) is 0. The summed E-state index contributed by atoms with van der Waals surface area (Å²) < 4.78 is 5.62. The lowest BCUT2D eigenvalue weighted by Gasteiger charge is -2.05. The molecule has 0 radical (unpaired) electrons. The van der Waals surface area contributed by atoms with Gasteiger partial charge in [0, 0.05) is 11.3 Å². The predicted molar refractivity (Wildman–Crippen MR) is 70.3 cm³/mol. The van der Waals surface area contributed by atoms with Crippen molar-refractivity contribution in [3.05, 3.63) is 54.1 Å². The van der Waals surface area contributed by atoms with Crippen LogP contribution in [0.4, 0.5) is 5.69 Å². The average molecular weight is 237 g/mol. The van der Waals surface area contributed by atoms with Crippen LogP contribution in [0.5, 0.6) is 11.5 Å². The maximum absolute atomic E-state index is 10.1. The fraction of sp³-hybridized carbons (Fsp3) is 0. The highest BCUT2D eigenvalue weighted by molar-refractivity contribution is 5.73. The first-order chi connectivity index (χ1) is 8.78. The largest absolute Gasteiger partial charge is 0.457 e. The first-order valence-electron chi connectivity index (χ1n) is 5.36. The highest BCUT2D eigenvalue weighted by atomic mass is 16.5. The molecule has 0 fully saturated rings. The van der Waals surface area contributed by atoms with Crippen LogP contribution in [0.15, 0.2) is 48.5 Å². The molecule has 0 spiro atoms. The molecule has 2 rings (SSSR count). The van der Waals surface area contributed by atoms with Crippen LogP contribution < -0.4 is 10.5 Å². The standard InChI is InChI=1S/C15H11NO2/c16-13-5-9-15(10-6-13)18-14-7-3-12(4-8-14)2-1-11-17/h3-11H,16H2. The third-order valence-corrected chi connectivity index (χ3v) is 2.25. The van der Waals surface area contributed by atoms with E-state index in [1.165, 1.54) is 0 Å². The molecule has 0 aliphatic heterocycles. The Balaban J connectivity index is 2.10. The van der Waals surface area contributed by atoms with Crippen molar-refractivity contribution in [2.45, 2.75) is 0 Å². The van der Waals surface area contributed by atoms with Gasteiger partial charge in [-0.1, -0.05) is 5.92 Å². The van der Waals surface area contributed by atoms with Gasteiger partial charge in [-0.2, -0.15) is 0 Å². The van der Waals surface area contributed by atoms with Crippen LogP contribution in [0.2, 0.25) is 0 Å². The summed E-state index contributed by atoms with van der Waals surface area (Å²) in [7, 11) is 0. The van der Waals surface area contributed by atoms with Crippen LogP contribution in [0.25, 0.3) is 0 Å². The lowest BCUT2D eigenvalue weighted by molar-refractivity contribution is -0.103. The molecule has 0 aliphatic carbocycles. The first kappa shape index (κ1) is 11.7. The number of anilines is 1. The van der Waals surface area contributed by atoms with Gasteiger partial charge in [0.2, 0.25) is 0 Å². The number of nitrogen functional groups attached to an aromatic ring is 1. The van der Waals surface area contributed by atoms with Crippen LogP contribution in [0.1, 0.15) is 5.56 Å². The van der Waals surface area contributed by atoms with Gasteiger partial charge >= 0.3 is 0 Å². The van der Waals surface area contributed by atoms with Crippen molar-refractivity contribution in [3.8, 4) is 23.3 Å². The first-order valence-corrected chi connectivity index (χ1v) is 5.36. The SMILES string of the molecule is Nc1ccc(Oc2ccc(C#CC=O)cc2)cc1. The normalized spacial score (nSPS) is 9.11. The molecule has 88 valence electrons. The van der Waals surface area contributed by atoms with Crippen molar-refractivity contribution in [1.82, 2.24) is 0 Å².